The standard InChI is InChI=1S/C58H92O25/c1-23-11-16-58(53(73)83-51-44(71)40(67)37(64)30(79-51)22-75-48-45(72)41(68)46(29(20-59)78-48)81-49-42(69)38(65)34(61)24(2)76-49)18-17-56(7)26(27(58)19-23)9-10-32-55(6)14-13-33(54(4,5)31(55)12-15-57(32,56)8)80-52-47(36(63)28(60)21-74-52)82-50-43(70)39(66)35(62)25(3)77-50/h9,24-25,27-52,59-72H,1,10-22H2,2-8H3/t24-,25-,27-,28-,29+,30+,31-,32+,33-,34-,35-,36-,37+,38+,39+,40-,41+,42+,43+,44+,45+,46+,47+,48+,49-,50-,51-,52-,55-,56+,57+,58-/m0/s1. The van der Waals surface area contributed by atoms with Crippen molar-refractivity contribution in [3.05, 3.63) is 23.8 Å². The molecule has 25 nitrogen and oxygen atoms in total. The molecule has 5 saturated heterocycles. The van der Waals surface area contributed by atoms with E-state index < -0.39 is 177 Å². The average Bonchev–Trinajstić information content (AvgIpc) is 0.778. The highest BCUT2D eigenvalue weighted by molar-refractivity contribution is 5.79. The molecule has 0 aromatic heterocycles. The zero-order valence-corrected chi connectivity index (χ0v) is 48.4. The van der Waals surface area contributed by atoms with Gasteiger partial charge >= 0.3 is 5.97 Å². The Balaban J connectivity index is 0.815. The molecule has 5 heterocycles. The predicted octanol–water partition coefficient (Wildman–Crippen LogP) is -1.99. The quantitative estimate of drug-likeness (QED) is 0.0572. The molecule has 32 atom stereocenters. The van der Waals surface area contributed by atoms with Gasteiger partial charge in [-0.2, -0.15) is 0 Å². The van der Waals surface area contributed by atoms with Crippen LogP contribution in [-0.4, -0.2) is 251 Å². The Labute approximate surface area is 483 Å². The lowest BCUT2D eigenvalue weighted by Gasteiger charge is -2.71. The van der Waals surface area contributed by atoms with Crippen LogP contribution in [0.2, 0.25) is 0 Å². The lowest BCUT2D eigenvalue weighted by Crippen LogP contribution is -2.66. The summed E-state index contributed by atoms with van der Waals surface area (Å²) in [4.78, 5) is 15.1. The number of fused-ring (bicyclic) bond motifs is 7. The number of esters is 1. The molecule has 4 saturated carbocycles. The maximum Gasteiger partial charge on any atom is 0.315 e. The third-order valence-electron chi connectivity index (χ3n) is 22.5. The smallest absolute Gasteiger partial charge is 0.315 e. The molecular weight excluding hydrogens is 1100 g/mol. The Kier molecular flexibility index (Phi) is 18.3. The summed E-state index contributed by atoms with van der Waals surface area (Å²) < 4.78 is 59.4. The fraction of sp³-hybridized carbons (Fsp3) is 0.914. The van der Waals surface area contributed by atoms with Crippen LogP contribution in [0.25, 0.3) is 0 Å². The normalized spacial score (nSPS) is 54.5. The highest BCUT2D eigenvalue weighted by atomic mass is 16.8. The molecule has 10 aliphatic rings. The topological polar surface area (TPSA) is 393 Å². The van der Waals surface area contributed by atoms with Crippen molar-refractivity contribution in [1.29, 1.82) is 0 Å². The summed E-state index contributed by atoms with van der Waals surface area (Å²) in [6.45, 7) is 17.2. The molecule has 5 aliphatic carbocycles. The maximum absolute atomic E-state index is 15.1. The van der Waals surface area contributed by atoms with Crippen LogP contribution in [0.5, 0.6) is 0 Å². The summed E-state index contributed by atoms with van der Waals surface area (Å²) in [5, 5.41) is 151. The first-order chi connectivity index (χ1) is 38.9. The van der Waals surface area contributed by atoms with E-state index in [0.29, 0.717) is 38.5 Å². The monoisotopic (exact) mass is 1190 g/mol. The number of carbonyl (C=O) groups excluding carboxylic acids is 1. The Hall–Kier alpha value is -1.97. The van der Waals surface area contributed by atoms with Gasteiger partial charge < -0.3 is 119 Å². The van der Waals surface area contributed by atoms with Crippen molar-refractivity contribution < 1.29 is 124 Å². The molecule has 5 aliphatic heterocycles. The van der Waals surface area contributed by atoms with Crippen LogP contribution in [0.4, 0.5) is 0 Å². The van der Waals surface area contributed by atoms with Crippen molar-refractivity contribution in [2.24, 2.45) is 44.8 Å². The summed E-state index contributed by atoms with van der Waals surface area (Å²) in [5.41, 5.74) is -0.119. The van der Waals surface area contributed by atoms with E-state index in [2.05, 4.69) is 47.3 Å². The number of carbonyl (C=O) groups is 1. The molecule has 0 unspecified atom stereocenters. The van der Waals surface area contributed by atoms with Crippen LogP contribution < -0.4 is 0 Å². The second-order valence-electron chi connectivity index (χ2n) is 27.2. The molecule has 474 valence electrons. The van der Waals surface area contributed by atoms with Crippen LogP contribution in [0, 0.1) is 44.8 Å². The van der Waals surface area contributed by atoms with Gasteiger partial charge in [-0.15, -0.1) is 0 Å². The van der Waals surface area contributed by atoms with E-state index in [1.54, 1.807) is 0 Å². The van der Waals surface area contributed by atoms with Crippen molar-refractivity contribution in [3.8, 4) is 0 Å². The second-order valence-corrected chi connectivity index (χ2v) is 27.2. The number of ether oxygens (including phenoxy) is 10. The second kappa shape index (κ2) is 23.8. The fourth-order valence-electron chi connectivity index (χ4n) is 17.1. The van der Waals surface area contributed by atoms with Gasteiger partial charge in [0.1, 0.15) is 104 Å². The molecular formula is C58H92O25. The van der Waals surface area contributed by atoms with Crippen molar-refractivity contribution in [3.63, 3.8) is 0 Å². The van der Waals surface area contributed by atoms with Gasteiger partial charge in [0.25, 0.3) is 0 Å². The number of aliphatic hydroxyl groups excluding tert-OH is 14. The minimum Gasteiger partial charge on any atom is -0.432 e. The summed E-state index contributed by atoms with van der Waals surface area (Å²) in [6.07, 6.45) is -28.6. The molecule has 0 aromatic rings. The predicted molar refractivity (Wildman–Crippen MR) is 282 cm³/mol. The molecule has 10 rings (SSSR count). The lowest BCUT2D eigenvalue weighted by atomic mass is 9.34. The summed E-state index contributed by atoms with van der Waals surface area (Å²) in [7, 11) is 0. The van der Waals surface area contributed by atoms with Crippen LogP contribution in [-0.2, 0) is 52.2 Å². The Morgan fingerprint density at radius 1 is 0.602 bits per heavy atom. The van der Waals surface area contributed by atoms with Crippen LogP contribution >= 0.6 is 0 Å². The van der Waals surface area contributed by atoms with Gasteiger partial charge in [-0.3, -0.25) is 4.79 Å². The Morgan fingerprint density at radius 2 is 1.19 bits per heavy atom. The SMILES string of the molecule is C=C1CC[C@]2(C(=O)O[C@@H]3O[C@H](CO[C@@H]4O[C@H](CO)[C@@H](O[C@@H]5O[C@@H](C)[C@H](O)[C@@H](O)[C@H]5O)[C@H](O)[C@H]4O)[C@@H](O)[C@H](O)[C@H]3O)CC[C@]3(C)C(=CC[C@@H]4[C@@]5(C)CC[C@H](O[C@@H]6OC[C@H](O)[C@H](O)[C@H]6O[C@@H]6O[C@@H](C)[C@H](O)[C@@H](O)[C@H]6O)C(C)(C)[C@@H]5CC[C@]43C)[C@@H]2C1. The summed E-state index contributed by atoms with van der Waals surface area (Å²) >= 11 is 0. The highest BCUT2D eigenvalue weighted by Gasteiger charge is 2.70. The molecule has 25 heteroatoms. The number of rotatable bonds is 12. The van der Waals surface area contributed by atoms with Gasteiger partial charge in [-0.05, 0) is 112 Å². The molecule has 14 N–H and O–H groups in total. The number of aliphatic hydroxyl groups is 14. The van der Waals surface area contributed by atoms with E-state index >= 15 is 4.79 Å². The van der Waals surface area contributed by atoms with Crippen LogP contribution in [0.3, 0.4) is 0 Å². The van der Waals surface area contributed by atoms with Crippen molar-refractivity contribution in [2.45, 2.75) is 266 Å². The third kappa shape index (κ3) is 10.7. The number of hydrogen-bond donors (Lipinski definition) is 14. The summed E-state index contributed by atoms with van der Waals surface area (Å²) in [5.74, 6) is -0.574. The molecule has 0 amide bonds. The molecule has 0 bridgehead atoms. The molecule has 0 aromatic carbocycles. The van der Waals surface area contributed by atoms with Crippen molar-refractivity contribution >= 4 is 5.97 Å². The van der Waals surface area contributed by atoms with Gasteiger partial charge in [0.15, 0.2) is 25.2 Å². The number of allylic oxidation sites excluding steroid dienone is 3. The molecule has 0 spiro atoms. The average molecular weight is 1190 g/mol. The van der Waals surface area contributed by atoms with E-state index in [4.69, 9.17) is 47.4 Å². The minimum absolute atomic E-state index is 0.161. The van der Waals surface area contributed by atoms with Gasteiger partial charge in [-0.25, -0.2) is 0 Å². The van der Waals surface area contributed by atoms with Gasteiger partial charge in [0, 0.05) is 5.92 Å². The molecule has 9 fully saturated rings. The Bertz CT molecular complexity index is 2340. The van der Waals surface area contributed by atoms with Gasteiger partial charge in [0.05, 0.1) is 43.5 Å². The zero-order valence-electron chi connectivity index (χ0n) is 48.4. The maximum atomic E-state index is 15.1. The van der Waals surface area contributed by atoms with Gasteiger partial charge in [0.2, 0.25) is 6.29 Å². The zero-order chi connectivity index (χ0) is 60.4. The first kappa shape index (κ1) is 64.0. The fourth-order valence-corrected chi connectivity index (χ4v) is 17.1. The van der Waals surface area contributed by atoms with Crippen LogP contribution in [0.15, 0.2) is 23.8 Å². The highest BCUT2D eigenvalue weighted by Crippen LogP contribution is 2.75. The third-order valence-corrected chi connectivity index (χ3v) is 22.5. The Morgan fingerprint density at radius 3 is 1.83 bits per heavy atom. The largest absolute Gasteiger partial charge is 0.432 e. The number of hydrogen-bond acceptors (Lipinski definition) is 25. The summed E-state index contributed by atoms with van der Waals surface area (Å²) in [6, 6.07) is 0. The van der Waals surface area contributed by atoms with E-state index in [1.807, 2.05) is 0 Å². The van der Waals surface area contributed by atoms with E-state index in [0.717, 1.165) is 31.3 Å². The lowest BCUT2D eigenvalue weighted by molar-refractivity contribution is -0.364. The van der Waals surface area contributed by atoms with E-state index in [-0.39, 0.29) is 46.7 Å². The first-order valence-corrected chi connectivity index (χ1v) is 29.8. The van der Waals surface area contributed by atoms with Crippen molar-refractivity contribution in [1.82, 2.24) is 0 Å². The van der Waals surface area contributed by atoms with Crippen LogP contribution in [0.1, 0.15) is 113 Å². The van der Waals surface area contributed by atoms with E-state index in [9.17, 15) is 71.5 Å². The minimum atomic E-state index is -1.89. The molecule has 0 radical (unpaired) electrons. The molecule has 83 heavy (non-hydrogen) atoms. The van der Waals surface area contributed by atoms with Crippen molar-refractivity contribution in [2.75, 3.05) is 19.8 Å². The first-order valence-electron chi connectivity index (χ1n) is 29.8. The van der Waals surface area contributed by atoms with E-state index in [1.165, 1.54) is 19.4 Å². The van der Waals surface area contributed by atoms with Gasteiger partial charge in [-0.1, -0.05) is 58.4 Å².